The van der Waals surface area contributed by atoms with E-state index in [1.54, 1.807) is 6.20 Å². The lowest BCUT2D eigenvalue weighted by Gasteiger charge is -2.07. The Balaban J connectivity index is 2.20. The van der Waals surface area contributed by atoms with Gasteiger partial charge in [-0.15, -0.1) is 11.3 Å². The first kappa shape index (κ1) is 7.54. The number of hydrogen-bond acceptors (Lipinski definition) is 4. The van der Waals surface area contributed by atoms with Crippen LogP contribution >= 0.6 is 11.3 Å². The summed E-state index contributed by atoms with van der Waals surface area (Å²) in [5.41, 5.74) is 0. The molecule has 1 N–H and O–H groups in total. The highest BCUT2D eigenvalue weighted by Gasteiger charge is 2.33. The molecule has 1 unspecified atom stereocenters. The molecule has 4 nitrogen and oxygen atoms in total. The zero-order valence-corrected chi connectivity index (χ0v) is 7.30. The van der Waals surface area contributed by atoms with Gasteiger partial charge in [-0.05, 0) is 6.92 Å². The Morgan fingerprint density at radius 1 is 1.75 bits per heavy atom. The second-order valence-electron chi connectivity index (χ2n) is 2.63. The van der Waals surface area contributed by atoms with Gasteiger partial charge in [-0.2, -0.15) is 0 Å². The first-order valence-electron chi connectivity index (χ1n) is 3.64. The number of cyclic esters (lactones) is 1. The minimum absolute atomic E-state index is 0.0173. The number of hydrogen-bond donors (Lipinski definition) is 1. The van der Waals surface area contributed by atoms with E-state index in [4.69, 9.17) is 4.74 Å². The second kappa shape index (κ2) is 2.75. The van der Waals surface area contributed by atoms with Crippen molar-refractivity contribution in [2.24, 2.45) is 0 Å². The summed E-state index contributed by atoms with van der Waals surface area (Å²) in [5, 5.41) is 5.38. The summed E-state index contributed by atoms with van der Waals surface area (Å²) in [4.78, 5) is 14.9. The van der Waals surface area contributed by atoms with Crippen molar-refractivity contribution in [1.82, 2.24) is 10.3 Å². The lowest BCUT2D eigenvalue weighted by Crippen LogP contribution is -2.23. The molecule has 1 amide bonds. The SMILES string of the molecule is CC1NC(=O)O[C@H]1c1nccs1. The average Bonchev–Trinajstić information content (AvgIpc) is 2.58. The van der Waals surface area contributed by atoms with Crippen LogP contribution in [0.3, 0.4) is 0 Å². The fraction of sp³-hybridized carbons (Fsp3) is 0.429. The van der Waals surface area contributed by atoms with Crippen LogP contribution in [0.25, 0.3) is 0 Å². The van der Waals surface area contributed by atoms with Crippen molar-refractivity contribution >= 4 is 17.4 Å². The molecule has 2 atom stereocenters. The summed E-state index contributed by atoms with van der Waals surface area (Å²) >= 11 is 1.50. The van der Waals surface area contributed by atoms with E-state index in [9.17, 15) is 4.79 Å². The van der Waals surface area contributed by atoms with Crippen LogP contribution in [-0.2, 0) is 4.74 Å². The summed E-state index contributed by atoms with van der Waals surface area (Å²) in [6.45, 7) is 1.90. The van der Waals surface area contributed by atoms with Crippen LogP contribution < -0.4 is 5.32 Å². The van der Waals surface area contributed by atoms with Crippen molar-refractivity contribution in [3.8, 4) is 0 Å². The Morgan fingerprint density at radius 3 is 3.08 bits per heavy atom. The third-order valence-electron chi connectivity index (χ3n) is 1.73. The quantitative estimate of drug-likeness (QED) is 0.716. The van der Waals surface area contributed by atoms with Gasteiger partial charge < -0.3 is 10.1 Å². The Kier molecular flexibility index (Phi) is 1.73. The van der Waals surface area contributed by atoms with E-state index in [2.05, 4.69) is 10.3 Å². The number of ether oxygens (including phenoxy) is 1. The van der Waals surface area contributed by atoms with Crippen LogP contribution in [0.4, 0.5) is 4.79 Å². The van der Waals surface area contributed by atoms with Gasteiger partial charge in [-0.25, -0.2) is 9.78 Å². The molecule has 1 aromatic heterocycles. The molecule has 0 radical (unpaired) electrons. The maximum Gasteiger partial charge on any atom is 0.408 e. The summed E-state index contributed by atoms with van der Waals surface area (Å²) in [7, 11) is 0. The monoisotopic (exact) mass is 184 g/mol. The van der Waals surface area contributed by atoms with Gasteiger partial charge in [0.25, 0.3) is 0 Å². The van der Waals surface area contributed by atoms with Gasteiger partial charge in [0, 0.05) is 11.6 Å². The Labute approximate surface area is 73.6 Å². The number of alkyl carbamates (subject to hydrolysis) is 1. The molecule has 2 rings (SSSR count). The molecule has 12 heavy (non-hydrogen) atoms. The third-order valence-corrected chi connectivity index (χ3v) is 2.57. The predicted octanol–water partition coefficient (Wildman–Crippen LogP) is 1.31. The normalized spacial score (nSPS) is 28.2. The van der Waals surface area contributed by atoms with E-state index in [0.29, 0.717) is 0 Å². The predicted molar refractivity (Wildman–Crippen MR) is 43.9 cm³/mol. The maximum absolute atomic E-state index is 10.8. The average molecular weight is 184 g/mol. The number of nitrogens with zero attached hydrogens (tertiary/aromatic N) is 1. The van der Waals surface area contributed by atoms with Crippen LogP contribution in [0.2, 0.25) is 0 Å². The van der Waals surface area contributed by atoms with E-state index < -0.39 is 0 Å². The number of thiazole rings is 1. The summed E-state index contributed by atoms with van der Waals surface area (Å²) in [5.74, 6) is 0. The molecule has 0 saturated carbocycles. The fourth-order valence-corrected chi connectivity index (χ4v) is 1.92. The molecule has 64 valence electrons. The standard InChI is InChI=1S/C7H8N2O2S/c1-4-5(11-7(10)9-4)6-8-2-3-12-6/h2-5H,1H3,(H,9,10)/t4?,5-/m1/s1. The largest absolute Gasteiger partial charge is 0.437 e. The number of rotatable bonds is 1. The first-order valence-corrected chi connectivity index (χ1v) is 4.52. The molecule has 5 heteroatoms. The highest BCUT2D eigenvalue weighted by atomic mass is 32.1. The van der Waals surface area contributed by atoms with Crippen molar-refractivity contribution in [3.05, 3.63) is 16.6 Å². The molecular formula is C7H8N2O2S. The van der Waals surface area contributed by atoms with Crippen LogP contribution in [0.15, 0.2) is 11.6 Å². The van der Waals surface area contributed by atoms with Crippen molar-refractivity contribution < 1.29 is 9.53 Å². The number of aromatic nitrogens is 1. The smallest absolute Gasteiger partial charge is 0.408 e. The number of nitrogens with one attached hydrogen (secondary N) is 1. The van der Waals surface area contributed by atoms with E-state index in [1.165, 1.54) is 11.3 Å². The number of amides is 1. The van der Waals surface area contributed by atoms with E-state index in [1.807, 2.05) is 12.3 Å². The molecule has 1 saturated heterocycles. The lowest BCUT2D eigenvalue weighted by atomic mass is 10.2. The minimum Gasteiger partial charge on any atom is -0.437 e. The molecule has 0 bridgehead atoms. The molecule has 1 aromatic rings. The number of carbonyl (C=O) groups excluding carboxylic acids is 1. The van der Waals surface area contributed by atoms with E-state index in [-0.39, 0.29) is 18.2 Å². The zero-order valence-electron chi connectivity index (χ0n) is 6.48. The van der Waals surface area contributed by atoms with Crippen LogP contribution in [-0.4, -0.2) is 17.1 Å². The van der Waals surface area contributed by atoms with Gasteiger partial charge in [-0.3, -0.25) is 0 Å². The maximum atomic E-state index is 10.8. The van der Waals surface area contributed by atoms with Crippen LogP contribution in [0.5, 0.6) is 0 Å². The molecule has 0 aliphatic carbocycles. The topological polar surface area (TPSA) is 51.2 Å². The summed E-state index contributed by atoms with van der Waals surface area (Å²) in [6, 6.07) is 0.0173. The van der Waals surface area contributed by atoms with Crippen molar-refractivity contribution in [2.45, 2.75) is 19.1 Å². The fourth-order valence-electron chi connectivity index (χ4n) is 1.15. The Bertz CT molecular complexity index is 286. The van der Waals surface area contributed by atoms with Gasteiger partial charge in [0.2, 0.25) is 0 Å². The van der Waals surface area contributed by atoms with Gasteiger partial charge >= 0.3 is 6.09 Å². The lowest BCUT2D eigenvalue weighted by molar-refractivity contribution is 0.133. The highest BCUT2D eigenvalue weighted by molar-refractivity contribution is 7.09. The third kappa shape index (κ3) is 1.16. The van der Waals surface area contributed by atoms with Gasteiger partial charge in [0.05, 0.1) is 6.04 Å². The van der Waals surface area contributed by atoms with Crippen molar-refractivity contribution in [2.75, 3.05) is 0 Å². The first-order chi connectivity index (χ1) is 5.77. The Hall–Kier alpha value is -1.10. The molecule has 0 spiro atoms. The molecule has 1 aliphatic rings. The number of carbonyl (C=O) groups is 1. The van der Waals surface area contributed by atoms with Gasteiger partial charge in [0.1, 0.15) is 5.01 Å². The Morgan fingerprint density at radius 2 is 2.58 bits per heavy atom. The molecular weight excluding hydrogens is 176 g/mol. The van der Waals surface area contributed by atoms with Crippen LogP contribution in [0.1, 0.15) is 18.0 Å². The molecule has 2 heterocycles. The van der Waals surface area contributed by atoms with Crippen LogP contribution in [0, 0.1) is 0 Å². The van der Waals surface area contributed by atoms with E-state index in [0.717, 1.165) is 5.01 Å². The van der Waals surface area contributed by atoms with Crippen molar-refractivity contribution in [1.29, 1.82) is 0 Å². The zero-order chi connectivity index (χ0) is 8.55. The highest BCUT2D eigenvalue weighted by Crippen LogP contribution is 2.27. The van der Waals surface area contributed by atoms with Gasteiger partial charge in [-0.1, -0.05) is 0 Å². The minimum atomic E-state index is -0.359. The summed E-state index contributed by atoms with van der Waals surface area (Å²) < 4.78 is 5.02. The van der Waals surface area contributed by atoms with E-state index >= 15 is 0 Å². The molecule has 1 aliphatic heterocycles. The van der Waals surface area contributed by atoms with Crippen molar-refractivity contribution in [3.63, 3.8) is 0 Å². The molecule has 0 aromatic carbocycles. The molecule has 1 fully saturated rings. The second-order valence-corrected chi connectivity index (χ2v) is 3.56. The summed E-state index contributed by atoms with van der Waals surface area (Å²) in [6.07, 6.45) is 1.14. The van der Waals surface area contributed by atoms with Gasteiger partial charge in [0.15, 0.2) is 6.10 Å².